The summed E-state index contributed by atoms with van der Waals surface area (Å²) in [5.41, 5.74) is 0. The van der Waals surface area contributed by atoms with Crippen LogP contribution in [0.2, 0.25) is 0 Å². The zero-order valence-electron chi connectivity index (χ0n) is 33.3. The summed E-state index contributed by atoms with van der Waals surface area (Å²) in [5.74, 6) is -0.855. The number of phosphoric ester groups is 1. The largest absolute Gasteiger partial charge is 0.756 e. The van der Waals surface area contributed by atoms with Crippen LogP contribution in [0.15, 0.2) is 24.3 Å². The summed E-state index contributed by atoms with van der Waals surface area (Å²) in [5, 5.41) is 0. The number of carbonyl (C=O) groups is 2. The van der Waals surface area contributed by atoms with Crippen LogP contribution in [0, 0.1) is 0 Å². The molecule has 0 aliphatic rings. The molecule has 0 heterocycles. The van der Waals surface area contributed by atoms with E-state index in [1.165, 1.54) is 70.6 Å². The first-order valence-electron chi connectivity index (χ1n) is 20.7. The highest BCUT2D eigenvalue weighted by Gasteiger charge is 2.21. The first-order valence-corrected chi connectivity index (χ1v) is 22.1. The number of rotatable bonds is 38. The zero-order valence-corrected chi connectivity index (χ0v) is 34.2. The van der Waals surface area contributed by atoms with Crippen LogP contribution in [-0.2, 0) is 32.7 Å². The minimum absolute atomic E-state index is 0.0458. The van der Waals surface area contributed by atoms with Crippen LogP contribution in [-0.4, -0.2) is 62.9 Å². The van der Waals surface area contributed by atoms with Crippen molar-refractivity contribution in [2.24, 2.45) is 0 Å². The molecule has 0 aromatic heterocycles. The maximum atomic E-state index is 12.6. The van der Waals surface area contributed by atoms with Crippen molar-refractivity contribution in [1.29, 1.82) is 0 Å². The average molecular weight is 743 g/mol. The van der Waals surface area contributed by atoms with Gasteiger partial charge in [-0.15, -0.1) is 0 Å². The average Bonchev–Trinajstić information content (AvgIpc) is 3.11. The molecule has 0 aromatic carbocycles. The van der Waals surface area contributed by atoms with Gasteiger partial charge in [0, 0.05) is 19.4 Å². The second-order valence-electron chi connectivity index (χ2n) is 13.9. The van der Waals surface area contributed by atoms with Crippen molar-refractivity contribution < 1.29 is 37.6 Å². The van der Waals surface area contributed by atoms with Gasteiger partial charge in [0.2, 0.25) is 0 Å². The highest BCUT2D eigenvalue weighted by molar-refractivity contribution is 7.45. The van der Waals surface area contributed by atoms with Gasteiger partial charge < -0.3 is 28.3 Å². The number of unbranched alkanes of at least 4 members (excludes halogenated alkanes) is 19. The normalized spacial score (nSPS) is 13.7. The lowest BCUT2D eigenvalue weighted by Crippen LogP contribution is -2.30. The molecule has 0 spiro atoms. The molecule has 0 N–H and O–H groups in total. The van der Waals surface area contributed by atoms with Gasteiger partial charge in [-0.2, -0.15) is 0 Å². The Balaban J connectivity index is 4.42. The maximum absolute atomic E-state index is 12.6. The number of carbonyl (C=O) groups excluding carboxylic acids is 2. The highest BCUT2D eigenvalue weighted by Crippen LogP contribution is 2.38. The monoisotopic (exact) mass is 743 g/mol. The highest BCUT2D eigenvalue weighted by atomic mass is 31.2. The van der Waals surface area contributed by atoms with Gasteiger partial charge in [-0.3, -0.25) is 14.2 Å². The molecule has 2 atom stereocenters. The van der Waals surface area contributed by atoms with Crippen molar-refractivity contribution in [2.75, 3.05) is 40.0 Å². The van der Waals surface area contributed by atoms with E-state index in [1.54, 1.807) is 0 Å². The molecule has 9 nitrogen and oxygen atoms in total. The molecule has 51 heavy (non-hydrogen) atoms. The number of nitrogens with zero attached hydrogens (tertiary/aromatic N) is 1. The Kier molecular flexibility index (Phi) is 35.7. The number of hydrogen-bond donors (Lipinski definition) is 0. The number of hydrogen-bond acceptors (Lipinski definition) is 9. The Bertz CT molecular complexity index is 912. The Morgan fingerprint density at radius 2 is 1.04 bits per heavy atom. The molecule has 0 saturated carbocycles. The summed E-state index contributed by atoms with van der Waals surface area (Å²) in [6.07, 6.45) is 34.8. The van der Waals surface area contributed by atoms with Crippen molar-refractivity contribution >= 4 is 19.8 Å². The summed E-state index contributed by atoms with van der Waals surface area (Å²) in [6.45, 7) is 6.83. The van der Waals surface area contributed by atoms with Gasteiger partial charge in [0.05, 0.1) is 13.2 Å². The topological polar surface area (TPSA) is 114 Å². The second kappa shape index (κ2) is 36.8. The van der Waals surface area contributed by atoms with E-state index in [0.717, 1.165) is 77.2 Å². The summed E-state index contributed by atoms with van der Waals surface area (Å²) in [4.78, 5) is 39.3. The molecule has 0 bridgehead atoms. The number of likely N-dealkylation sites (N-methyl/N-ethyl adjacent to an activating group) is 1. The standard InChI is InChI=1S/C41H78NO8P/c1-5-8-10-12-14-16-18-20-22-24-26-28-30-32-34-41(44)50-39(38-49-51(45,46)48-36-35-42(4)7-3)37-47-40(43)33-31-29-27-25-23-21-19-17-15-13-11-9-6-2/h17-20,39H,5-16,21-38H2,1-4H3,(H,45,46)/p-1/b19-17-,20-18-. The van der Waals surface area contributed by atoms with Crippen LogP contribution >= 0.6 is 7.82 Å². The minimum Gasteiger partial charge on any atom is -0.756 e. The van der Waals surface area contributed by atoms with Crippen molar-refractivity contribution in [3.63, 3.8) is 0 Å². The third kappa shape index (κ3) is 36.6. The van der Waals surface area contributed by atoms with Gasteiger partial charge in [-0.05, 0) is 77.8 Å². The predicted molar refractivity (Wildman–Crippen MR) is 209 cm³/mol. The van der Waals surface area contributed by atoms with Crippen LogP contribution in [0.25, 0.3) is 0 Å². The number of esters is 2. The third-order valence-corrected chi connectivity index (χ3v) is 9.91. The quantitative estimate of drug-likeness (QED) is 0.0264. The lowest BCUT2D eigenvalue weighted by Gasteiger charge is -2.26. The van der Waals surface area contributed by atoms with E-state index >= 15 is 0 Å². The molecular weight excluding hydrogens is 665 g/mol. The minimum atomic E-state index is -4.62. The van der Waals surface area contributed by atoms with E-state index < -0.39 is 32.5 Å². The van der Waals surface area contributed by atoms with Crippen LogP contribution < -0.4 is 4.89 Å². The molecular formula is C41H77NO8P-. The van der Waals surface area contributed by atoms with E-state index in [2.05, 4.69) is 38.2 Å². The van der Waals surface area contributed by atoms with Gasteiger partial charge in [0.25, 0.3) is 7.82 Å². The molecule has 0 rings (SSSR count). The summed E-state index contributed by atoms with van der Waals surface area (Å²) < 4.78 is 33.2. The van der Waals surface area contributed by atoms with Gasteiger partial charge in [0.15, 0.2) is 6.10 Å². The zero-order chi connectivity index (χ0) is 37.7. The predicted octanol–water partition coefficient (Wildman–Crippen LogP) is 10.8. The molecule has 10 heteroatoms. The molecule has 0 radical (unpaired) electrons. The number of ether oxygens (including phenoxy) is 2. The van der Waals surface area contributed by atoms with Crippen LogP contribution in [0.1, 0.15) is 181 Å². The fourth-order valence-corrected chi connectivity index (χ4v) is 6.18. The molecule has 0 saturated heterocycles. The fraction of sp³-hybridized carbons (Fsp3) is 0.854. The molecule has 0 amide bonds. The van der Waals surface area contributed by atoms with Gasteiger partial charge in [-0.1, -0.05) is 129 Å². The van der Waals surface area contributed by atoms with E-state index in [-0.39, 0.29) is 26.1 Å². The molecule has 2 unspecified atom stereocenters. The van der Waals surface area contributed by atoms with Crippen molar-refractivity contribution in [3.05, 3.63) is 24.3 Å². The number of phosphoric acid groups is 1. The Morgan fingerprint density at radius 1 is 0.608 bits per heavy atom. The number of allylic oxidation sites excluding steroid dienone is 4. The Morgan fingerprint density at radius 3 is 1.53 bits per heavy atom. The summed E-state index contributed by atoms with van der Waals surface area (Å²) in [6, 6.07) is 0. The van der Waals surface area contributed by atoms with Crippen molar-refractivity contribution in [3.8, 4) is 0 Å². The van der Waals surface area contributed by atoms with Crippen LogP contribution in [0.3, 0.4) is 0 Å². The van der Waals surface area contributed by atoms with Gasteiger partial charge in [0.1, 0.15) is 6.61 Å². The maximum Gasteiger partial charge on any atom is 0.306 e. The van der Waals surface area contributed by atoms with Crippen LogP contribution in [0.5, 0.6) is 0 Å². The Hall–Kier alpha value is -1.51. The van der Waals surface area contributed by atoms with E-state index in [9.17, 15) is 19.0 Å². The Labute approximate surface area is 313 Å². The van der Waals surface area contributed by atoms with E-state index in [0.29, 0.717) is 13.0 Å². The molecule has 0 aromatic rings. The van der Waals surface area contributed by atoms with E-state index in [4.69, 9.17) is 18.5 Å². The van der Waals surface area contributed by atoms with Gasteiger partial charge in [-0.25, -0.2) is 0 Å². The molecule has 0 fully saturated rings. The summed E-state index contributed by atoms with van der Waals surface area (Å²) >= 11 is 0. The lowest BCUT2D eigenvalue weighted by atomic mass is 10.1. The van der Waals surface area contributed by atoms with E-state index in [1.807, 2.05) is 18.9 Å². The first-order chi connectivity index (χ1) is 24.7. The molecule has 0 aliphatic heterocycles. The van der Waals surface area contributed by atoms with Crippen molar-refractivity contribution in [1.82, 2.24) is 4.90 Å². The SMILES string of the molecule is CCCCCC/C=C\CCCCCCCC(=O)OCC(COP(=O)([O-])OCCN(C)CC)OC(=O)CCCCCCC/C=C\CCCCCCC. The molecule has 0 aliphatic carbocycles. The smallest absolute Gasteiger partial charge is 0.306 e. The van der Waals surface area contributed by atoms with Crippen LogP contribution in [0.4, 0.5) is 0 Å². The summed E-state index contributed by atoms with van der Waals surface area (Å²) in [7, 11) is -2.76. The second-order valence-corrected chi connectivity index (χ2v) is 15.3. The lowest BCUT2D eigenvalue weighted by molar-refractivity contribution is -0.228. The van der Waals surface area contributed by atoms with Crippen molar-refractivity contribution in [2.45, 2.75) is 187 Å². The third-order valence-electron chi connectivity index (χ3n) is 8.94. The fourth-order valence-electron chi connectivity index (χ4n) is 5.45. The molecule has 300 valence electrons. The van der Waals surface area contributed by atoms with Gasteiger partial charge >= 0.3 is 11.9 Å². The first kappa shape index (κ1) is 49.5.